The molecule has 0 radical (unpaired) electrons. The smallest absolute Gasteiger partial charge is 0.216 e. The fourth-order valence-corrected chi connectivity index (χ4v) is 1.85. The molecule has 0 aliphatic heterocycles. The topological polar surface area (TPSA) is 49.3 Å². The number of carbonyl (C=O) groups excluding carboxylic acids is 1. The summed E-state index contributed by atoms with van der Waals surface area (Å²) < 4.78 is 0. The molecule has 0 spiro atoms. The maximum absolute atomic E-state index is 10.7. The summed E-state index contributed by atoms with van der Waals surface area (Å²) in [5, 5.41) is 14.2. The molecule has 0 saturated carbocycles. The second kappa shape index (κ2) is 5.92. The summed E-state index contributed by atoms with van der Waals surface area (Å²) in [5.41, 5.74) is 0.885. The van der Waals surface area contributed by atoms with Crippen molar-refractivity contribution in [1.82, 2.24) is 5.32 Å². The van der Waals surface area contributed by atoms with Crippen LogP contribution in [0.1, 0.15) is 18.9 Å². The molecule has 0 aromatic heterocycles. The van der Waals surface area contributed by atoms with Crippen LogP contribution in [0.5, 0.6) is 5.75 Å². The first-order valence-corrected chi connectivity index (χ1v) is 6.12. The van der Waals surface area contributed by atoms with Gasteiger partial charge in [0, 0.05) is 36.2 Å². The average molecular weight is 253 g/mol. The van der Waals surface area contributed by atoms with E-state index < -0.39 is 0 Å². The van der Waals surface area contributed by atoms with Gasteiger partial charge in [-0.25, -0.2) is 0 Å². The van der Waals surface area contributed by atoms with E-state index in [4.69, 9.17) is 0 Å². The van der Waals surface area contributed by atoms with Crippen molar-refractivity contribution >= 4 is 16.7 Å². The average Bonchev–Trinajstić information content (AvgIpc) is 2.41. The Hall–Kier alpha value is -2.47. The molecule has 3 nitrogen and oxygen atoms in total. The zero-order chi connectivity index (χ0) is 13.7. The van der Waals surface area contributed by atoms with E-state index in [1.54, 1.807) is 6.07 Å². The van der Waals surface area contributed by atoms with Gasteiger partial charge in [-0.3, -0.25) is 4.79 Å². The molecule has 2 N–H and O–H groups in total. The second-order valence-electron chi connectivity index (χ2n) is 4.21. The number of benzene rings is 2. The Morgan fingerprint density at radius 3 is 2.68 bits per heavy atom. The van der Waals surface area contributed by atoms with Crippen LogP contribution in [-0.2, 0) is 4.79 Å². The van der Waals surface area contributed by atoms with Crippen molar-refractivity contribution in [2.45, 2.75) is 13.3 Å². The third-order valence-electron chi connectivity index (χ3n) is 2.75. The molecular formula is C16H15NO2. The van der Waals surface area contributed by atoms with Gasteiger partial charge in [0.05, 0.1) is 0 Å². The lowest BCUT2D eigenvalue weighted by Crippen LogP contribution is -2.20. The molecule has 96 valence electrons. The standard InChI is InChI=1S/C16H15NO2/c1-12(18)17-11-5-4-6-13-9-10-16(19)15-8-3-2-7-14(13)15/h2-3,7-10,19H,5,11H2,1H3,(H,17,18). The largest absolute Gasteiger partial charge is 0.507 e. The lowest BCUT2D eigenvalue weighted by molar-refractivity contribution is -0.118. The van der Waals surface area contributed by atoms with Gasteiger partial charge < -0.3 is 10.4 Å². The minimum Gasteiger partial charge on any atom is -0.507 e. The van der Waals surface area contributed by atoms with E-state index in [0.29, 0.717) is 13.0 Å². The molecule has 2 rings (SSSR count). The summed E-state index contributed by atoms with van der Waals surface area (Å²) in [6.07, 6.45) is 0.606. The molecule has 2 aromatic carbocycles. The van der Waals surface area contributed by atoms with E-state index in [-0.39, 0.29) is 11.7 Å². The molecule has 1 amide bonds. The Kier molecular flexibility index (Phi) is 4.04. The van der Waals surface area contributed by atoms with Crippen LogP contribution in [-0.4, -0.2) is 17.6 Å². The van der Waals surface area contributed by atoms with Crippen LogP contribution in [0.2, 0.25) is 0 Å². The number of hydrogen-bond donors (Lipinski definition) is 2. The lowest BCUT2D eigenvalue weighted by Gasteiger charge is -2.02. The molecule has 2 aromatic rings. The van der Waals surface area contributed by atoms with Crippen molar-refractivity contribution in [2.24, 2.45) is 0 Å². The van der Waals surface area contributed by atoms with Crippen molar-refractivity contribution in [3.8, 4) is 17.6 Å². The minimum absolute atomic E-state index is 0.0446. The van der Waals surface area contributed by atoms with Crippen LogP contribution in [0.15, 0.2) is 36.4 Å². The molecule has 0 aliphatic carbocycles. The number of rotatable bonds is 2. The Morgan fingerprint density at radius 1 is 1.21 bits per heavy atom. The monoisotopic (exact) mass is 253 g/mol. The first kappa shape index (κ1) is 13.0. The van der Waals surface area contributed by atoms with Gasteiger partial charge in [0.15, 0.2) is 0 Å². The number of carbonyl (C=O) groups is 1. The summed E-state index contributed by atoms with van der Waals surface area (Å²) in [4.78, 5) is 10.7. The van der Waals surface area contributed by atoms with E-state index in [0.717, 1.165) is 16.3 Å². The molecular weight excluding hydrogens is 238 g/mol. The summed E-state index contributed by atoms with van der Waals surface area (Å²) in [6, 6.07) is 11.1. The van der Waals surface area contributed by atoms with E-state index in [9.17, 15) is 9.90 Å². The van der Waals surface area contributed by atoms with Gasteiger partial charge in [-0.1, -0.05) is 36.1 Å². The first-order valence-electron chi connectivity index (χ1n) is 6.12. The number of fused-ring (bicyclic) bond motifs is 1. The SMILES string of the molecule is CC(=O)NCCC#Cc1ccc(O)c2ccccc12. The molecule has 0 unspecified atom stereocenters. The first-order chi connectivity index (χ1) is 9.18. The molecule has 0 aliphatic rings. The van der Waals surface area contributed by atoms with Crippen molar-refractivity contribution in [2.75, 3.05) is 6.54 Å². The molecule has 0 saturated heterocycles. The highest BCUT2D eigenvalue weighted by atomic mass is 16.3. The van der Waals surface area contributed by atoms with Crippen LogP contribution >= 0.6 is 0 Å². The van der Waals surface area contributed by atoms with Crippen LogP contribution in [0, 0.1) is 11.8 Å². The van der Waals surface area contributed by atoms with Crippen molar-refractivity contribution < 1.29 is 9.90 Å². The van der Waals surface area contributed by atoms with E-state index in [2.05, 4.69) is 17.2 Å². The Balaban J connectivity index is 2.20. The molecule has 0 fully saturated rings. The predicted octanol–water partition coefficient (Wildman–Crippen LogP) is 2.42. The number of phenolic OH excluding ortho intramolecular Hbond substituents is 1. The summed E-state index contributed by atoms with van der Waals surface area (Å²) in [5.74, 6) is 6.32. The van der Waals surface area contributed by atoms with Crippen molar-refractivity contribution in [1.29, 1.82) is 0 Å². The molecule has 0 heterocycles. The maximum atomic E-state index is 10.7. The number of amides is 1. The number of aromatic hydroxyl groups is 1. The third kappa shape index (κ3) is 3.26. The van der Waals surface area contributed by atoms with Crippen molar-refractivity contribution in [3.05, 3.63) is 42.0 Å². The van der Waals surface area contributed by atoms with Gasteiger partial charge in [-0.15, -0.1) is 0 Å². The Morgan fingerprint density at radius 2 is 1.95 bits per heavy atom. The van der Waals surface area contributed by atoms with Gasteiger partial charge in [0.25, 0.3) is 0 Å². The molecule has 0 atom stereocenters. The van der Waals surface area contributed by atoms with Crippen LogP contribution < -0.4 is 5.32 Å². The van der Waals surface area contributed by atoms with Gasteiger partial charge in [-0.05, 0) is 12.1 Å². The third-order valence-corrected chi connectivity index (χ3v) is 2.75. The zero-order valence-electron chi connectivity index (χ0n) is 10.7. The lowest BCUT2D eigenvalue weighted by atomic mass is 10.0. The van der Waals surface area contributed by atoms with Gasteiger partial charge in [0.1, 0.15) is 5.75 Å². The number of phenols is 1. The van der Waals surface area contributed by atoms with Gasteiger partial charge >= 0.3 is 0 Å². The molecule has 3 heteroatoms. The van der Waals surface area contributed by atoms with E-state index in [1.165, 1.54) is 6.92 Å². The normalized spacial score (nSPS) is 9.74. The van der Waals surface area contributed by atoms with Gasteiger partial charge in [0.2, 0.25) is 5.91 Å². The predicted molar refractivity (Wildman–Crippen MR) is 75.8 cm³/mol. The quantitative estimate of drug-likeness (QED) is 0.638. The molecule has 19 heavy (non-hydrogen) atoms. The van der Waals surface area contributed by atoms with E-state index >= 15 is 0 Å². The maximum Gasteiger partial charge on any atom is 0.216 e. The van der Waals surface area contributed by atoms with Crippen LogP contribution in [0.4, 0.5) is 0 Å². The second-order valence-corrected chi connectivity index (χ2v) is 4.21. The van der Waals surface area contributed by atoms with Crippen LogP contribution in [0.25, 0.3) is 10.8 Å². The highest BCUT2D eigenvalue weighted by molar-refractivity contribution is 5.92. The highest BCUT2D eigenvalue weighted by Gasteiger charge is 2.01. The Bertz CT molecular complexity index is 665. The summed E-state index contributed by atoms with van der Waals surface area (Å²) in [6.45, 7) is 2.04. The summed E-state index contributed by atoms with van der Waals surface area (Å²) >= 11 is 0. The highest BCUT2D eigenvalue weighted by Crippen LogP contribution is 2.26. The van der Waals surface area contributed by atoms with E-state index in [1.807, 2.05) is 30.3 Å². The molecule has 0 bridgehead atoms. The number of nitrogens with one attached hydrogen (secondary N) is 1. The summed E-state index contributed by atoms with van der Waals surface area (Å²) in [7, 11) is 0. The number of hydrogen-bond acceptors (Lipinski definition) is 2. The Labute approximate surface area is 112 Å². The fourth-order valence-electron chi connectivity index (χ4n) is 1.85. The van der Waals surface area contributed by atoms with Gasteiger partial charge in [-0.2, -0.15) is 0 Å². The zero-order valence-corrected chi connectivity index (χ0v) is 10.7. The van der Waals surface area contributed by atoms with Crippen molar-refractivity contribution in [3.63, 3.8) is 0 Å². The van der Waals surface area contributed by atoms with Crippen LogP contribution in [0.3, 0.4) is 0 Å². The fraction of sp³-hybridized carbons (Fsp3) is 0.188. The minimum atomic E-state index is -0.0446.